The van der Waals surface area contributed by atoms with E-state index in [-0.39, 0.29) is 12.5 Å². The van der Waals surface area contributed by atoms with Crippen LogP contribution in [0.25, 0.3) is 11.1 Å². The Balaban J connectivity index is 1.39. The SMILES string of the molecule is CCCCCCCCCCCCCCCCNC(=O)COc1ccc(-c2ccccc2)cc1. The van der Waals surface area contributed by atoms with E-state index in [1.165, 1.54) is 89.0 Å². The lowest BCUT2D eigenvalue weighted by molar-refractivity contribution is -0.123. The number of rotatable bonds is 19. The fourth-order valence-corrected chi connectivity index (χ4v) is 4.12. The molecule has 0 aliphatic carbocycles. The van der Waals surface area contributed by atoms with Gasteiger partial charge >= 0.3 is 0 Å². The highest BCUT2D eigenvalue weighted by molar-refractivity contribution is 5.77. The first-order valence-corrected chi connectivity index (χ1v) is 13.3. The fourth-order valence-electron chi connectivity index (χ4n) is 4.12. The maximum atomic E-state index is 12.0. The van der Waals surface area contributed by atoms with Gasteiger partial charge in [0.05, 0.1) is 0 Å². The lowest BCUT2D eigenvalue weighted by Crippen LogP contribution is -2.29. The first-order valence-electron chi connectivity index (χ1n) is 13.3. The van der Waals surface area contributed by atoms with Crippen LogP contribution in [0, 0.1) is 0 Å². The van der Waals surface area contributed by atoms with E-state index in [2.05, 4.69) is 24.4 Å². The summed E-state index contributed by atoms with van der Waals surface area (Å²) in [5.41, 5.74) is 2.32. The van der Waals surface area contributed by atoms with Crippen molar-refractivity contribution in [2.75, 3.05) is 13.2 Å². The van der Waals surface area contributed by atoms with E-state index in [1.807, 2.05) is 42.5 Å². The molecule has 0 aromatic heterocycles. The Kier molecular flexibility index (Phi) is 14.8. The van der Waals surface area contributed by atoms with Crippen LogP contribution in [0.3, 0.4) is 0 Å². The zero-order valence-electron chi connectivity index (χ0n) is 20.8. The van der Waals surface area contributed by atoms with E-state index >= 15 is 0 Å². The van der Waals surface area contributed by atoms with Crippen LogP contribution in [0.2, 0.25) is 0 Å². The van der Waals surface area contributed by atoms with Crippen molar-refractivity contribution in [3.05, 3.63) is 54.6 Å². The Morgan fingerprint density at radius 2 is 1.12 bits per heavy atom. The number of benzene rings is 2. The molecule has 2 aromatic carbocycles. The average Bonchev–Trinajstić information content (AvgIpc) is 2.86. The molecule has 0 atom stereocenters. The molecule has 0 aliphatic heterocycles. The molecule has 0 saturated heterocycles. The van der Waals surface area contributed by atoms with Crippen molar-refractivity contribution in [3.63, 3.8) is 0 Å². The third kappa shape index (κ3) is 13.1. The normalized spacial score (nSPS) is 10.8. The van der Waals surface area contributed by atoms with Crippen LogP contribution in [-0.2, 0) is 4.79 Å². The Hall–Kier alpha value is -2.29. The predicted octanol–water partition coefficient (Wildman–Crippen LogP) is 8.33. The Labute approximate surface area is 202 Å². The molecule has 0 heterocycles. The standard InChI is InChI=1S/C30H45NO2/c1-2-3-4-5-6-7-8-9-10-11-12-13-14-18-25-31-30(32)26-33-29-23-21-28(22-24-29)27-19-16-15-17-20-27/h15-17,19-24H,2-14,18,25-26H2,1H3,(H,31,32). The number of amides is 1. The molecule has 0 spiro atoms. The smallest absolute Gasteiger partial charge is 0.257 e. The van der Waals surface area contributed by atoms with Crippen molar-refractivity contribution in [1.82, 2.24) is 5.32 Å². The van der Waals surface area contributed by atoms with Gasteiger partial charge in [0.1, 0.15) is 5.75 Å². The van der Waals surface area contributed by atoms with Gasteiger partial charge in [0.15, 0.2) is 6.61 Å². The Morgan fingerprint density at radius 1 is 0.636 bits per heavy atom. The van der Waals surface area contributed by atoms with E-state index in [0.29, 0.717) is 0 Å². The van der Waals surface area contributed by atoms with Crippen LogP contribution in [-0.4, -0.2) is 19.1 Å². The Bertz CT molecular complexity index is 727. The molecule has 182 valence electrons. The molecule has 3 nitrogen and oxygen atoms in total. The molecular formula is C30H45NO2. The van der Waals surface area contributed by atoms with Gasteiger partial charge in [-0.2, -0.15) is 0 Å². The summed E-state index contributed by atoms with van der Waals surface area (Å²) in [6, 6.07) is 18.1. The molecule has 0 aliphatic rings. The number of hydrogen-bond donors (Lipinski definition) is 1. The van der Waals surface area contributed by atoms with Crippen LogP contribution in [0.1, 0.15) is 96.8 Å². The summed E-state index contributed by atoms with van der Waals surface area (Å²) < 4.78 is 5.62. The Morgan fingerprint density at radius 3 is 1.67 bits per heavy atom. The largest absolute Gasteiger partial charge is 0.484 e. The number of carbonyl (C=O) groups is 1. The van der Waals surface area contributed by atoms with Crippen LogP contribution in [0.4, 0.5) is 0 Å². The number of hydrogen-bond acceptors (Lipinski definition) is 2. The molecule has 2 rings (SSSR count). The van der Waals surface area contributed by atoms with Crippen LogP contribution in [0.5, 0.6) is 5.75 Å². The van der Waals surface area contributed by atoms with Crippen LogP contribution >= 0.6 is 0 Å². The van der Waals surface area contributed by atoms with Crippen molar-refractivity contribution in [2.45, 2.75) is 96.8 Å². The number of carbonyl (C=O) groups excluding carboxylic acids is 1. The summed E-state index contributed by atoms with van der Waals surface area (Å²) in [6.07, 6.45) is 18.9. The summed E-state index contributed by atoms with van der Waals surface area (Å²) >= 11 is 0. The van der Waals surface area contributed by atoms with E-state index in [4.69, 9.17) is 4.74 Å². The summed E-state index contributed by atoms with van der Waals surface area (Å²) in [5, 5.41) is 2.97. The highest BCUT2D eigenvalue weighted by Crippen LogP contribution is 2.22. The molecule has 3 heteroatoms. The van der Waals surface area contributed by atoms with Gasteiger partial charge in [0.2, 0.25) is 0 Å². The molecule has 1 amide bonds. The third-order valence-electron chi connectivity index (χ3n) is 6.18. The third-order valence-corrected chi connectivity index (χ3v) is 6.18. The van der Waals surface area contributed by atoms with Gasteiger partial charge in [0.25, 0.3) is 5.91 Å². The molecule has 2 aromatic rings. The van der Waals surface area contributed by atoms with Gasteiger partial charge in [-0.3, -0.25) is 4.79 Å². The van der Waals surface area contributed by atoms with Crippen molar-refractivity contribution in [2.24, 2.45) is 0 Å². The second-order valence-corrected chi connectivity index (χ2v) is 9.13. The minimum absolute atomic E-state index is 0.0446. The quantitative estimate of drug-likeness (QED) is 0.218. The zero-order chi connectivity index (χ0) is 23.4. The number of ether oxygens (including phenoxy) is 1. The maximum Gasteiger partial charge on any atom is 0.257 e. The van der Waals surface area contributed by atoms with Gasteiger partial charge in [0, 0.05) is 6.54 Å². The summed E-state index contributed by atoms with van der Waals surface area (Å²) in [6.45, 7) is 3.09. The van der Waals surface area contributed by atoms with E-state index in [0.717, 1.165) is 24.3 Å². The summed E-state index contributed by atoms with van der Waals surface area (Å²) in [4.78, 5) is 12.0. The van der Waals surface area contributed by atoms with E-state index < -0.39 is 0 Å². The van der Waals surface area contributed by atoms with Gasteiger partial charge < -0.3 is 10.1 Å². The summed E-state index contributed by atoms with van der Waals surface area (Å²) in [5.74, 6) is 0.679. The highest BCUT2D eigenvalue weighted by atomic mass is 16.5. The van der Waals surface area contributed by atoms with Crippen LogP contribution < -0.4 is 10.1 Å². The van der Waals surface area contributed by atoms with Crippen molar-refractivity contribution in [3.8, 4) is 16.9 Å². The molecule has 0 bridgehead atoms. The first-order chi connectivity index (χ1) is 16.3. The zero-order valence-corrected chi connectivity index (χ0v) is 20.8. The second kappa shape index (κ2) is 18.2. The summed E-state index contributed by atoms with van der Waals surface area (Å²) in [7, 11) is 0. The van der Waals surface area contributed by atoms with Gasteiger partial charge in [-0.25, -0.2) is 0 Å². The van der Waals surface area contributed by atoms with E-state index in [1.54, 1.807) is 0 Å². The fraction of sp³-hybridized carbons (Fsp3) is 0.567. The van der Waals surface area contributed by atoms with E-state index in [9.17, 15) is 4.79 Å². The van der Waals surface area contributed by atoms with Crippen molar-refractivity contribution >= 4 is 5.91 Å². The lowest BCUT2D eigenvalue weighted by atomic mass is 10.0. The van der Waals surface area contributed by atoms with Gasteiger partial charge in [-0.05, 0) is 29.7 Å². The average molecular weight is 452 g/mol. The second-order valence-electron chi connectivity index (χ2n) is 9.13. The molecule has 1 N–H and O–H groups in total. The lowest BCUT2D eigenvalue weighted by Gasteiger charge is -2.08. The minimum atomic E-state index is -0.0446. The molecular weight excluding hydrogens is 406 g/mol. The number of unbranched alkanes of at least 4 members (excludes halogenated alkanes) is 13. The van der Waals surface area contributed by atoms with Crippen LogP contribution in [0.15, 0.2) is 54.6 Å². The highest BCUT2D eigenvalue weighted by Gasteiger charge is 2.03. The number of nitrogens with one attached hydrogen (secondary N) is 1. The van der Waals surface area contributed by atoms with Crippen molar-refractivity contribution < 1.29 is 9.53 Å². The molecule has 33 heavy (non-hydrogen) atoms. The monoisotopic (exact) mass is 451 g/mol. The van der Waals surface area contributed by atoms with Gasteiger partial charge in [-0.1, -0.05) is 133 Å². The minimum Gasteiger partial charge on any atom is -0.484 e. The van der Waals surface area contributed by atoms with Crippen molar-refractivity contribution in [1.29, 1.82) is 0 Å². The first kappa shape index (κ1) is 27.0. The molecule has 0 unspecified atom stereocenters. The van der Waals surface area contributed by atoms with Gasteiger partial charge in [-0.15, -0.1) is 0 Å². The molecule has 0 radical (unpaired) electrons. The molecule has 0 saturated carbocycles. The maximum absolute atomic E-state index is 12.0. The predicted molar refractivity (Wildman–Crippen MR) is 141 cm³/mol. The molecule has 0 fully saturated rings. The topological polar surface area (TPSA) is 38.3 Å².